The lowest BCUT2D eigenvalue weighted by Gasteiger charge is -2.12. The van der Waals surface area contributed by atoms with E-state index in [-0.39, 0.29) is 5.69 Å². The molecule has 0 aliphatic heterocycles. The Morgan fingerprint density at radius 2 is 2.16 bits per heavy atom. The Bertz CT molecular complexity index is 689. The molecule has 2 aromatic heterocycles. The summed E-state index contributed by atoms with van der Waals surface area (Å²) in [5.74, 6) is -0.631. The van der Waals surface area contributed by atoms with Gasteiger partial charge in [-0.25, -0.2) is 4.68 Å². The highest BCUT2D eigenvalue weighted by Crippen LogP contribution is 2.26. The quantitative estimate of drug-likeness (QED) is 0.870. The molecule has 0 aromatic carbocycles. The second-order valence-corrected chi connectivity index (χ2v) is 5.51. The number of rotatable bonds is 3. The van der Waals surface area contributed by atoms with Crippen LogP contribution in [0.15, 0.2) is 23.0 Å². The highest BCUT2D eigenvalue weighted by atomic mass is 32.1. The molecule has 2 aromatic rings. The van der Waals surface area contributed by atoms with Gasteiger partial charge in [0.25, 0.3) is 5.56 Å². The molecule has 0 saturated heterocycles. The zero-order chi connectivity index (χ0) is 14.2. The number of primary amides is 1. The molecule has 1 atom stereocenters. The number of thiophene rings is 1. The van der Waals surface area contributed by atoms with E-state index in [0.29, 0.717) is 5.69 Å². The summed E-state index contributed by atoms with van der Waals surface area (Å²) in [7, 11) is 0. The number of anilines is 1. The van der Waals surface area contributed by atoms with E-state index >= 15 is 0 Å². The summed E-state index contributed by atoms with van der Waals surface area (Å²) in [4.78, 5) is 25.1. The van der Waals surface area contributed by atoms with Crippen molar-refractivity contribution in [3.8, 4) is 10.6 Å². The summed E-state index contributed by atoms with van der Waals surface area (Å²) in [6.45, 7) is 3.49. The van der Waals surface area contributed by atoms with Crippen LogP contribution in [0, 0.1) is 6.92 Å². The molecule has 0 aliphatic carbocycles. The Balaban J connectivity index is 2.60. The van der Waals surface area contributed by atoms with Crippen LogP contribution in [0.1, 0.15) is 17.8 Å². The van der Waals surface area contributed by atoms with Crippen LogP contribution in [0.5, 0.6) is 0 Å². The van der Waals surface area contributed by atoms with E-state index in [9.17, 15) is 9.59 Å². The van der Waals surface area contributed by atoms with Crippen molar-refractivity contribution in [2.75, 3.05) is 5.73 Å². The first-order valence-electron chi connectivity index (χ1n) is 5.65. The Morgan fingerprint density at radius 3 is 2.68 bits per heavy atom. The SMILES string of the molecule is Cc1ccc(-c2cc(N)c(=O)n([C@H](C)C(N)=O)n2)s1. The Hall–Kier alpha value is -2.15. The van der Waals surface area contributed by atoms with Gasteiger partial charge >= 0.3 is 0 Å². The number of aromatic nitrogens is 2. The van der Waals surface area contributed by atoms with E-state index in [2.05, 4.69) is 5.10 Å². The van der Waals surface area contributed by atoms with Crippen molar-refractivity contribution in [1.82, 2.24) is 9.78 Å². The number of nitrogen functional groups attached to an aromatic ring is 1. The van der Waals surface area contributed by atoms with Gasteiger partial charge in [0.15, 0.2) is 0 Å². The maximum Gasteiger partial charge on any atom is 0.290 e. The van der Waals surface area contributed by atoms with Crippen LogP contribution in [-0.2, 0) is 4.79 Å². The summed E-state index contributed by atoms with van der Waals surface area (Å²) in [5.41, 5.74) is 11.0. The molecule has 2 heterocycles. The summed E-state index contributed by atoms with van der Waals surface area (Å²) < 4.78 is 1.03. The number of carbonyl (C=O) groups excluding carboxylic acids is 1. The zero-order valence-electron chi connectivity index (χ0n) is 10.6. The second kappa shape index (κ2) is 4.85. The maximum absolute atomic E-state index is 11.9. The molecule has 4 N–H and O–H groups in total. The lowest BCUT2D eigenvalue weighted by molar-refractivity contribution is -0.121. The van der Waals surface area contributed by atoms with Crippen molar-refractivity contribution < 1.29 is 4.79 Å². The molecule has 6 nitrogen and oxygen atoms in total. The number of nitrogens with two attached hydrogens (primary N) is 2. The summed E-state index contributed by atoms with van der Waals surface area (Å²) >= 11 is 1.53. The predicted octanol–water partition coefficient (Wildman–Crippen LogP) is 0.909. The molecule has 0 fully saturated rings. The number of amides is 1. The van der Waals surface area contributed by atoms with Gasteiger partial charge in [-0.05, 0) is 32.0 Å². The van der Waals surface area contributed by atoms with Crippen LogP contribution in [0.4, 0.5) is 5.69 Å². The minimum Gasteiger partial charge on any atom is -0.394 e. The van der Waals surface area contributed by atoms with Crippen molar-refractivity contribution in [3.05, 3.63) is 33.4 Å². The maximum atomic E-state index is 11.9. The van der Waals surface area contributed by atoms with Crippen molar-refractivity contribution >= 4 is 22.9 Å². The fourth-order valence-corrected chi connectivity index (χ4v) is 2.43. The third kappa shape index (κ3) is 2.50. The monoisotopic (exact) mass is 278 g/mol. The molecule has 19 heavy (non-hydrogen) atoms. The molecule has 1 amide bonds. The molecule has 0 spiro atoms. The molecule has 0 radical (unpaired) electrons. The average molecular weight is 278 g/mol. The number of hydrogen-bond acceptors (Lipinski definition) is 5. The summed E-state index contributed by atoms with van der Waals surface area (Å²) in [5, 5.41) is 4.17. The first-order chi connectivity index (χ1) is 8.90. The topological polar surface area (TPSA) is 104 Å². The van der Waals surface area contributed by atoms with E-state index in [4.69, 9.17) is 11.5 Å². The molecule has 0 bridgehead atoms. The van der Waals surface area contributed by atoms with E-state index in [1.54, 1.807) is 0 Å². The van der Waals surface area contributed by atoms with Crippen LogP contribution in [0.2, 0.25) is 0 Å². The van der Waals surface area contributed by atoms with E-state index < -0.39 is 17.5 Å². The third-order valence-electron chi connectivity index (χ3n) is 2.73. The molecule has 0 saturated carbocycles. The second-order valence-electron chi connectivity index (χ2n) is 4.22. The predicted molar refractivity (Wildman–Crippen MR) is 74.9 cm³/mol. The lowest BCUT2D eigenvalue weighted by atomic mass is 10.3. The standard InChI is InChI=1S/C12H14N4O2S/c1-6-3-4-10(19-6)9-5-8(13)12(18)16(15-9)7(2)11(14)17/h3-5,7H,13H2,1-2H3,(H2,14,17)/t7-/m1/s1. The summed E-state index contributed by atoms with van der Waals surface area (Å²) in [6, 6.07) is 4.52. The van der Waals surface area contributed by atoms with Gasteiger partial charge in [-0.1, -0.05) is 0 Å². The van der Waals surface area contributed by atoms with Crippen LogP contribution in [0.3, 0.4) is 0 Å². The molecule has 7 heteroatoms. The largest absolute Gasteiger partial charge is 0.394 e. The van der Waals surface area contributed by atoms with Gasteiger partial charge in [-0.3, -0.25) is 9.59 Å². The Kier molecular flexibility index (Phi) is 3.39. The zero-order valence-corrected chi connectivity index (χ0v) is 11.4. The lowest BCUT2D eigenvalue weighted by Crippen LogP contribution is -2.35. The minimum atomic E-state index is -0.837. The number of carbonyl (C=O) groups is 1. The molecular formula is C12H14N4O2S. The van der Waals surface area contributed by atoms with Crippen molar-refractivity contribution in [2.45, 2.75) is 19.9 Å². The molecule has 100 valence electrons. The van der Waals surface area contributed by atoms with Gasteiger partial charge in [0.1, 0.15) is 17.4 Å². The van der Waals surface area contributed by atoms with Crippen molar-refractivity contribution in [1.29, 1.82) is 0 Å². The highest BCUT2D eigenvalue weighted by molar-refractivity contribution is 7.15. The van der Waals surface area contributed by atoms with E-state index in [1.165, 1.54) is 24.3 Å². The van der Waals surface area contributed by atoms with Crippen LogP contribution < -0.4 is 17.0 Å². The first kappa shape index (κ1) is 13.3. The first-order valence-corrected chi connectivity index (χ1v) is 6.47. The van der Waals surface area contributed by atoms with E-state index in [1.807, 2.05) is 19.1 Å². The Labute approximate surface area is 113 Å². The van der Waals surface area contributed by atoms with E-state index in [0.717, 1.165) is 14.4 Å². The number of hydrogen-bond donors (Lipinski definition) is 2. The van der Waals surface area contributed by atoms with Crippen molar-refractivity contribution in [3.63, 3.8) is 0 Å². The smallest absolute Gasteiger partial charge is 0.290 e. The number of aryl methyl sites for hydroxylation is 1. The fraction of sp³-hybridized carbons (Fsp3) is 0.250. The molecular weight excluding hydrogens is 264 g/mol. The highest BCUT2D eigenvalue weighted by Gasteiger charge is 2.17. The van der Waals surface area contributed by atoms with Crippen LogP contribution >= 0.6 is 11.3 Å². The van der Waals surface area contributed by atoms with Crippen LogP contribution in [0.25, 0.3) is 10.6 Å². The fourth-order valence-electron chi connectivity index (χ4n) is 1.61. The van der Waals surface area contributed by atoms with Gasteiger partial charge in [-0.15, -0.1) is 11.3 Å². The van der Waals surface area contributed by atoms with Gasteiger partial charge in [-0.2, -0.15) is 5.10 Å². The van der Waals surface area contributed by atoms with Gasteiger partial charge in [0, 0.05) is 4.88 Å². The number of nitrogens with zero attached hydrogens (tertiary/aromatic N) is 2. The third-order valence-corrected chi connectivity index (χ3v) is 3.76. The Morgan fingerprint density at radius 1 is 1.47 bits per heavy atom. The van der Waals surface area contributed by atoms with Crippen LogP contribution in [-0.4, -0.2) is 15.7 Å². The van der Waals surface area contributed by atoms with Crippen molar-refractivity contribution in [2.24, 2.45) is 5.73 Å². The minimum absolute atomic E-state index is 0.0455. The molecule has 0 aliphatic rings. The summed E-state index contributed by atoms with van der Waals surface area (Å²) in [6.07, 6.45) is 0. The molecule has 0 unspecified atom stereocenters. The van der Waals surface area contributed by atoms with Gasteiger partial charge < -0.3 is 11.5 Å². The normalized spacial score (nSPS) is 12.3. The average Bonchev–Trinajstić information content (AvgIpc) is 2.78. The van der Waals surface area contributed by atoms with Gasteiger partial charge in [0.2, 0.25) is 5.91 Å². The molecule has 2 rings (SSSR count). The van der Waals surface area contributed by atoms with Gasteiger partial charge in [0.05, 0.1) is 4.88 Å².